The van der Waals surface area contributed by atoms with Crippen LogP contribution in [0.2, 0.25) is 18.1 Å². The lowest BCUT2D eigenvalue weighted by Crippen LogP contribution is -2.57. The van der Waals surface area contributed by atoms with Crippen LogP contribution in [0.15, 0.2) is 53.5 Å². The molecule has 0 spiro atoms. The third-order valence-corrected chi connectivity index (χ3v) is 13.4. The number of hydrogen-bond acceptors (Lipinski definition) is 9. The summed E-state index contributed by atoms with van der Waals surface area (Å²) in [6.07, 6.45) is 1.74. The molecule has 15 heteroatoms. The van der Waals surface area contributed by atoms with Crippen molar-refractivity contribution >= 4 is 36.0 Å². The lowest BCUT2D eigenvalue weighted by molar-refractivity contribution is -0.388. The summed E-state index contributed by atoms with van der Waals surface area (Å²) < 4.78 is 40.7. The first kappa shape index (κ1) is 36.1. The van der Waals surface area contributed by atoms with Gasteiger partial charge in [-0.15, -0.1) is 6.58 Å². The molecule has 1 aromatic carbocycles. The standard InChI is InChI=1S/C28H44N4O9SSi/c1-10-15-39-32(42(37,38)24-14-12-11-13-22(24)31(35)36)23-18-30(26(34)41-27(2,3)4)21(16-20(23)17-25(29)33)19-40-43(8,9)28(5,6)7/h10-14,16,21,23H,1,15,17-19H2,2-9H3,(H2,29,33)/t21-,23?/m0/s1. The summed E-state index contributed by atoms with van der Waals surface area (Å²) in [6.45, 7) is 18.4. The number of carbonyl (C=O) groups excluding carboxylic acids is 2. The molecule has 0 aromatic heterocycles. The molecule has 1 heterocycles. The Hall–Kier alpha value is -3.11. The molecule has 0 saturated carbocycles. The number of nitro groups is 1. The van der Waals surface area contributed by atoms with Gasteiger partial charge in [-0.3, -0.25) is 24.6 Å². The van der Waals surface area contributed by atoms with E-state index in [2.05, 4.69) is 40.4 Å². The van der Waals surface area contributed by atoms with Crippen molar-refractivity contribution in [2.24, 2.45) is 5.73 Å². The molecule has 1 aliphatic rings. The number of hydrogen-bond donors (Lipinski definition) is 1. The predicted molar refractivity (Wildman–Crippen MR) is 164 cm³/mol. The summed E-state index contributed by atoms with van der Waals surface area (Å²) in [4.78, 5) is 43.0. The van der Waals surface area contributed by atoms with E-state index in [9.17, 15) is 28.1 Å². The second-order valence-corrected chi connectivity index (χ2v) is 19.3. The van der Waals surface area contributed by atoms with Crippen molar-refractivity contribution in [3.05, 3.63) is 58.7 Å². The summed E-state index contributed by atoms with van der Waals surface area (Å²) in [7, 11) is -7.06. The molecule has 1 aromatic rings. The van der Waals surface area contributed by atoms with E-state index in [1.165, 1.54) is 23.1 Å². The number of carbonyl (C=O) groups is 2. The summed E-state index contributed by atoms with van der Waals surface area (Å²) in [5, 5.41) is 11.6. The zero-order valence-electron chi connectivity index (χ0n) is 26.2. The number of sulfonamides is 1. The SMILES string of the molecule is C=CCON(C1CN(C(=O)OC(C)(C)C)[C@H](CO[Si](C)(C)C(C)(C)C)C=C1CC(N)=O)S(=O)(=O)c1ccccc1[N+](=O)[O-]. The fraction of sp³-hybridized carbons (Fsp3) is 0.571. The number of amides is 2. The normalized spacial score (nSPS) is 18.3. The molecule has 240 valence electrons. The summed E-state index contributed by atoms with van der Waals surface area (Å²) >= 11 is 0. The minimum absolute atomic E-state index is 0.0507. The Balaban J connectivity index is 2.75. The fourth-order valence-electron chi connectivity index (χ4n) is 4.02. The Morgan fingerprint density at radius 2 is 1.81 bits per heavy atom. The van der Waals surface area contributed by atoms with Crippen molar-refractivity contribution < 1.29 is 36.9 Å². The third-order valence-electron chi connectivity index (χ3n) is 7.18. The molecular formula is C28H44N4O9SSi. The molecule has 2 amide bonds. The number of hydroxylamine groups is 1. The van der Waals surface area contributed by atoms with Crippen molar-refractivity contribution in [2.45, 2.75) is 88.7 Å². The van der Waals surface area contributed by atoms with Crippen LogP contribution in [0.25, 0.3) is 0 Å². The van der Waals surface area contributed by atoms with Gasteiger partial charge in [0.2, 0.25) is 5.91 Å². The molecule has 0 aliphatic carbocycles. The highest BCUT2D eigenvalue weighted by molar-refractivity contribution is 7.89. The second-order valence-electron chi connectivity index (χ2n) is 12.7. The third kappa shape index (κ3) is 9.19. The first-order valence-electron chi connectivity index (χ1n) is 13.8. The van der Waals surface area contributed by atoms with Gasteiger partial charge in [0.1, 0.15) is 5.60 Å². The second kappa shape index (κ2) is 13.7. The first-order valence-corrected chi connectivity index (χ1v) is 18.1. The number of para-hydroxylation sites is 1. The lowest BCUT2D eigenvalue weighted by Gasteiger charge is -2.43. The predicted octanol–water partition coefficient (Wildman–Crippen LogP) is 4.51. The molecule has 0 bridgehead atoms. The number of nitro benzene ring substituents is 1. The molecule has 0 saturated heterocycles. The van der Waals surface area contributed by atoms with Crippen LogP contribution in [-0.4, -0.2) is 80.5 Å². The monoisotopic (exact) mass is 640 g/mol. The number of rotatable bonds is 12. The minimum atomic E-state index is -4.75. The fourth-order valence-corrected chi connectivity index (χ4v) is 6.63. The molecule has 2 atom stereocenters. The van der Waals surface area contributed by atoms with E-state index in [4.69, 9.17) is 19.7 Å². The number of primary amides is 1. The van der Waals surface area contributed by atoms with E-state index >= 15 is 0 Å². The van der Waals surface area contributed by atoms with Crippen molar-refractivity contribution in [3.63, 3.8) is 0 Å². The van der Waals surface area contributed by atoms with Crippen LogP contribution in [0.1, 0.15) is 48.0 Å². The Morgan fingerprint density at radius 3 is 2.33 bits per heavy atom. The highest BCUT2D eigenvalue weighted by Crippen LogP contribution is 2.38. The van der Waals surface area contributed by atoms with Gasteiger partial charge in [0.05, 0.1) is 30.2 Å². The molecular weight excluding hydrogens is 596 g/mol. The Morgan fingerprint density at radius 1 is 1.21 bits per heavy atom. The van der Waals surface area contributed by atoms with Crippen LogP contribution in [-0.2, 0) is 28.8 Å². The Labute approximate surface area is 254 Å². The molecule has 2 rings (SSSR count). The van der Waals surface area contributed by atoms with Gasteiger partial charge in [-0.1, -0.05) is 49.5 Å². The van der Waals surface area contributed by atoms with Crippen LogP contribution in [0.5, 0.6) is 0 Å². The van der Waals surface area contributed by atoms with Gasteiger partial charge in [-0.25, -0.2) is 13.2 Å². The number of nitrogens with zero attached hydrogens (tertiary/aromatic N) is 3. The molecule has 1 unspecified atom stereocenters. The zero-order chi connectivity index (χ0) is 33.0. The van der Waals surface area contributed by atoms with Gasteiger partial charge >= 0.3 is 6.09 Å². The van der Waals surface area contributed by atoms with Gasteiger partial charge in [-0.05, 0) is 50.5 Å². The zero-order valence-corrected chi connectivity index (χ0v) is 28.0. The largest absolute Gasteiger partial charge is 0.444 e. The van der Waals surface area contributed by atoms with Crippen molar-refractivity contribution in [3.8, 4) is 0 Å². The maximum atomic E-state index is 14.0. The van der Waals surface area contributed by atoms with Gasteiger partial charge in [-0.2, -0.15) is 0 Å². The van der Waals surface area contributed by atoms with E-state index in [-0.39, 0.29) is 36.8 Å². The number of benzene rings is 1. The maximum Gasteiger partial charge on any atom is 0.410 e. The van der Waals surface area contributed by atoms with Gasteiger partial charge in [0.15, 0.2) is 13.2 Å². The van der Waals surface area contributed by atoms with E-state index in [1.807, 2.05) is 0 Å². The quantitative estimate of drug-likeness (QED) is 0.149. The van der Waals surface area contributed by atoms with E-state index < -0.39 is 63.5 Å². The topological polar surface area (TPSA) is 172 Å². The molecule has 13 nitrogen and oxygen atoms in total. The highest BCUT2D eigenvalue weighted by atomic mass is 32.2. The maximum absolute atomic E-state index is 14.0. The molecule has 43 heavy (non-hydrogen) atoms. The Kier molecular flexibility index (Phi) is 11.5. The van der Waals surface area contributed by atoms with Crippen LogP contribution in [0.3, 0.4) is 0 Å². The number of ether oxygens (including phenoxy) is 1. The number of nitrogens with two attached hydrogens (primary N) is 1. The average molecular weight is 641 g/mol. The van der Waals surface area contributed by atoms with Gasteiger partial charge in [0.25, 0.3) is 15.7 Å². The molecule has 1 aliphatic heterocycles. The highest BCUT2D eigenvalue weighted by Gasteiger charge is 2.45. The smallest absolute Gasteiger partial charge is 0.410 e. The van der Waals surface area contributed by atoms with Gasteiger partial charge < -0.3 is 14.9 Å². The van der Waals surface area contributed by atoms with Crippen molar-refractivity contribution in [1.82, 2.24) is 9.37 Å². The van der Waals surface area contributed by atoms with E-state index in [1.54, 1.807) is 26.8 Å². The lowest BCUT2D eigenvalue weighted by atomic mass is 9.95. The molecule has 2 N–H and O–H groups in total. The van der Waals surface area contributed by atoms with Crippen LogP contribution in [0.4, 0.5) is 10.5 Å². The molecule has 0 radical (unpaired) electrons. The Bertz CT molecular complexity index is 1350. The minimum Gasteiger partial charge on any atom is -0.444 e. The van der Waals surface area contributed by atoms with E-state index in [0.29, 0.717) is 4.47 Å². The average Bonchev–Trinajstić information content (AvgIpc) is 2.86. The van der Waals surface area contributed by atoms with Crippen LogP contribution >= 0.6 is 0 Å². The van der Waals surface area contributed by atoms with Crippen LogP contribution in [0, 0.1) is 10.1 Å². The first-order chi connectivity index (χ1) is 19.6. The summed E-state index contributed by atoms with van der Waals surface area (Å²) in [5.41, 5.74) is 4.25. The van der Waals surface area contributed by atoms with Gasteiger partial charge in [0, 0.05) is 19.0 Å². The van der Waals surface area contributed by atoms with Crippen molar-refractivity contribution in [2.75, 3.05) is 19.8 Å². The summed E-state index contributed by atoms with van der Waals surface area (Å²) in [6, 6.07) is 2.77. The molecule has 0 fully saturated rings. The van der Waals surface area contributed by atoms with E-state index in [0.717, 1.165) is 12.1 Å². The summed E-state index contributed by atoms with van der Waals surface area (Å²) in [5.74, 6) is -0.752. The van der Waals surface area contributed by atoms with Crippen LogP contribution < -0.4 is 5.73 Å². The van der Waals surface area contributed by atoms with Crippen molar-refractivity contribution in [1.29, 1.82) is 0 Å².